The lowest BCUT2D eigenvalue weighted by atomic mass is 9.77. The Morgan fingerprint density at radius 2 is 1.85 bits per heavy atom. The van der Waals surface area contributed by atoms with E-state index in [0.29, 0.717) is 11.3 Å². The number of piperidine rings is 1. The van der Waals surface area contributed by atoms with E-state index in [0.717, 1.165) is 29.9 Å². The highest BCUT2D eigenvalue weighted by Crippen LogP contribution is 2.46. The molecule has 0 N–H and O–H groups in total. The Bertz CT molecular complexity index is 516. The van der Waals surface area contributed by atoms with Gasteiger partial charge in [-0.2, -0.15) is 5.26 Å². The lowest BCUT2D eigenvalue weighted by molar-refractivity contribution is 0.226. The first kappa shape index (κ1) is 13.8. The number of hydrogen-bond donors (Lipinski definition) is 0. The molecule has 1 aliphatic heterocycles. The molecule has 0 radical (unpaired) electrons. The van der Waals surface area contributed by atoms with Crippen molar-refractivity contribution in [3.8, 4) is 6.07 Å². The second-order valence-electron chi connectivity index (χ2n) is 6.29. The van der Waals surface area contributed by atoms with E-state index in [4.69, 9.17) is 11.6 Å². The van der Waals surface area contributed by atoms with Crippen LogP contribution in [0.2, 0.25) is 0 Å². The van der Waals surface area contributed by atoms with Gasteiger partial charge in [-0.05, 0) is 48.8 Å². The zero-order chi connectivity index (χ0) is 14.0. The minimum absolute atomic E-state index is 0.470. The van der Waals surface area contributed by atoms with Crippen molar-refractivity contribution >= 4 is 17.3 Å². The Kier molecular flexibility index (Phi) is 3.89. The van der Waals surface area contributed by atoms with Gasteiger partial charge in [-0.25, -0.2) is 0 Å². The van der Waals surface area contributed by atoms with Gasteiger partial charge < -0.3 is 4.90 Å². The number of halogens is 1. The van der Waals surface area contributed by atoms with Gasteiger partial charge in [0.25, 0.3) is 0 Å². The van der Waals surface area contributed by atoms with Gasteiger partial charge in [0.05, 0.1) is 11.3 Å². The second kappa shape index (κ2) is 5.66. The Morgan fingerprint density at radius 3 is 2.45 bits per heavy atom. The van der Waals surface area contributed by atoms with E-state index < -0.39 is 0 Å². The molecule has 1 aromatic rings. The number of rotatable bonds is 2. The molecule has 20 heavy (non-hydrogen) atoms. The average molecular weight is 289 g/mol. The number of nitrogens with zero attached hydrogens (tertiary/aromatic N) is 2. The minimum Gasteiger partial charge on any atom is -0.370 e. The maximum Gasteiger partial charge on any atom is 0.101 e. The van der Waals surface area contributed by atoms with E-state index in [2.05, 4.69) is 17.0 Å². The van der Waals surface area contributed by atoms with Crippen molar-refractivity contribution in [2.45, 2.75) is 44.4 Å². The van der Waals surface area contributed by atoms with Crippen LogP contribution >= 0.6 is 11.6 Å². The molecule has 0 bridgehead atoms. The molecule has 1 heterocycles. The largest absolute Gasteiger partial charge is 0.370 e. The monoisotopic (exact) mass is 288 g/mol. The van der Waals surface area contributed by atoms with E-state index in [1.54, 1.807) is 0 Å². The molecule has 3 heteroatoms. The Morgan fingerprint density at radius 1 is 1.15 bits per heavy atom. The van der Waals surface area contributed by atoms with E-state index in [1.807, 2.05) is 12.1 Å². The van der Waals surface area contributed by atoms with Gasteiger partial charge in [-0.3, -0.25) is 0 Å². The molecule has 2 fully saturated rings. The maximum absolute atomic E-state index is 9.35. The van der Waals surface area contributed by atoms with Gasteiger partial charge in [0.1, 0.15) is 6.07 Å². The predicted molar refractivity (Wildman–Crippen MR) is 83.1 cm³/mol. The highest BCUT2D eigenvalue weighted by atomic mass is 35.5. The van der Waals surface area contributed by atoms with Crippen molar-refractivity contribution in [3.05, 3.63) is 29.3 Å². The summed E-state index contributed by atoms with van der Waals surface area (Å²) in [6.45, 7) is 2.18. The molecule has 1 aromatic carbocycles. The molecule has 106 valence electrons. The Hall–Kier alpha value is -1.20. The lowest BCUT2D eigenvalue weighted by Gasteiger charge is -2.40. The van der Waals surface area contributed by atoms with Crippen LogP contribution in [0.1, 0.15) is 49.7 Å². The molecule has 1 saturated heterocycles. The zero-order valence-electron chi connectivity index (χ0n) is 11.9. The Balaban J connectivity index is 1.76. The first-order chi connectivity index (χ1) is 9.76. The van der Waals surface area contributed by atoms with Crippen LogP contribution in [0.25, 0.3) is 0 Å². The molecule has 2 aliphatic rings. The molecular formula is C17H21ClN2. The summed E-state index contributed by atoms with van der Waals surface area (Å²) < 4.78 is 0. The normalized spacial score (nSPS) is 21.1. The third kappa shape index (κ3) is 2.52. The van der Waals surface area contributed by atoms with Gasteiger partial charge in [-0.15, -0.1) is 11.6 Å². The molecule has 2 nitrogen and oxygen atoms in total. The number of anilines is 1. The van der Waals surface area contributed by atoms with Crippen molar-refractivity contribution in [1.29, 1.82) is 5.26 Å². The quantitative estimate of drug-likeness (QED) is 0.751. The fraction of sp³-hybridized carbons (Fsp3) is 0.588. The van der Waals surface area contributed by atoms with Crippen LogP contribution in [0, 0.1) is 16.7 Å². The predicted octanol–water partition coefficient (Wildman–Crippen LogP) is 4.46. The van der Waals surface area contributed by atoms with Gasteiger partial charge >= 0.3 is 0 Å². The van der Waals surface area contributed by atoms with E-state index in [1.165, 1.54) is 38.5 Å². The first-order valence-electron chi connectivity index (χ1n) is 7.60. The highest BCUT2D eigenvalue weighted by Gasteiger charge is 2.37. The minimum atomic E-state index is 0.470. The number of benzene rings is 1. The third-order valence-electron chi connectivity index (χ3n) is 5.16. The van der Waals surface area contributed by atoms with Crippen molar-refractivity contribution in [1.82, 2.24) is 0 Å². The van der Waals surface area contributed by atoms with Gasteiger partial charge in [-0.1, -0.05) is 18.9 Å². The van der Waals surface area contributed by atoms with Crippen molar-refractivity contribution in [3.63, 3.8) is 0 Å². The molecule has 0 amide bonds. The van der Waals surface area contributed by atoms with Crippen LogP contribution < -0.4 is 4.90 Å². The fourth-order valence-corrected chi connectivity index (χ4v) is 4.04. The highest BCUT2D eigenvalue weighted by molar-refractivity contribution is 6.17. The average Bonchev–Trinajstić information content (AvgIpc) is 2.96. The summed E-state index contributed by atoms with van der Waals surface area (Å²) >= 11 is 5.85. The smallest absolute Gasteiger partial charge is 0.101 e. The van der Waals surface area contributed by atoms with Crippen molar-refractivity contribution < 1.29 is 0 Å². The molecular weight excluding hydrogens is 268 g/mol. The van der Waals surface area contributed by atoms with Crippen LogP contribution in [0.5, 0.6) is 0 Å². The van der Waals surface area contributed by atoms with Crippen LogP contribution in [0.15, 0.2) is 18.2 Å². The van der Waals surface area contributed by atoms with Crippen LogP contribution in [-0.4, -0.2) is 13.1 Å². The zero-order valence-corrected chi connectivity index (χ0v) is 12.6. The second-order valence-corrected chi connectivity index (χ2v) is 6.56. The van der Waals surface area contributed by atoms with E-state index in [9.17, 15) is 5.26 Å². The van der Waals surface area contributed by atoms with Crippen LogP contribution in [-0.2, 0) is 5.88 Å². The van der Waals surface area contributed by atoms with Crippen LogP contribution in [0.4, 0.5) is 5.69 Å². The summed E-state index contributed by atoms with van der Waals surface area (Å²) in [6, 6.07) is 8.38. The topological polar surface area (TPSA) is 27.0 Å². The van der Waals surface area contributed by atoms with E-state index >= 15 is 0 Å². The Labute approximate surface area is 126 Å². The molecule has 0 unspecified atom stereocenters. The van der Waals surface area contributed by atoms with Gasteiger partial charge in [0, 0.05) is 19.0 Å². The third-order valence-corrected chi connectivity index (χ3v) is 5.47. The van der Waals surface area contributed by atoms with Crippen molar-refractivity contribution in [2.24, 2.45) is 5.41 Å². The molecule has 0 aromatic heterocycles. The standard InChI is InChI=1S/C17H21ClN2/c18-12-14-3-4-16(15(11-14)13-19)20-9-7-17(8-10-20)5-1-2-6-17/h3-4,11H,1-2,5-10,12H2. The summed E-state index contributed by atoms with van der Waals surface area (Å²) in [7, 11) is 0. The molecule has 1 spiro atoms. The molecule has 0 atom stereocenters. The summed E-state index contributed by atoms with van der Waals surface area (Å²) in [6.07, 6.45) is 8.22. The summed E-state index contributed by atoms with van der Waals surface area (Å²) in [5.41, 5.74) is 3.51. The number of alkyl halides is 1. The van der Waals surface area contributed by atoms with Gasteiger partial charge in [0.2, 0.25) is 0 Å². The maximum atomic E-state index is 9.35. The lowest BCUT2D eigenvalue weighted by Crippen LogP contribution is -2.39. The summed E-state index contributed by atoms with van der Waals surface area (Å²) in [5, 5.41) is 9.35. The first-order valence-corrected chi connectivity index (χ1v) is 8.14. The van der Waals surface area contributed by atoms with Gasteiger partial charge in [0.15, 0.2) is 0 Å². The molecule has 3 rings (SSSR count). The SMILES string of the molecule is N#Cc1cc(CCl)ccc1N1CCC2(CCCC2)CC1. The van der Waals surface area contributed by atoms with Crippen LogP contribution in [0.3, 0.4) is 0 Å². The number of nitriles is 1. The summed E-state index contributed by atoms with van der Waals surface area (Å²) in [5.74, 6) is 0.470. The number of hydrogen-bond acceptors (Lipinski definition) is 2. The van der Waals surface area contributed by atoms with E-state index in [-0.39, 0.29) is 0 Å². The van der Waals surface area contributed by atoms with Crippen molar-refractivity contribution in [2.75, 3.05) is 18.0 Å². The fourth-order valence-electron chi connectivity index (χ4n) is 3.88. The molecule has 1 saturated carbocycles. The molecule has 1 aliphatic carbocycles. The summed E-state index contributed by atoms with van der Waals surface area (Å²) in [4.78, 5) is 2.39.